The molecule has 0 unspecified atom stereocenters. The van der Waals surface area contributed by atoms with E-state index >= 15 is 0 Å². The maximum atomic E-state index is 12.9. The third kappa shape index (κ3) is 4.30. The molecule has 4 aromatic rings. The van der Waals surface area contributed by atoms with E-state index in [0.717, 1.165) is 5.56 Å². The van der Waals surface area contributed by atoms with E-state index in [1.165, 1.54) is 15.6 Å². The Morgan fingerprint density at radius 1 is 0.971 bits per heavy atom. The van der Waals surface area contributed by atoms with Gasteiger partial charge in [0, 0.05) is 26.2 Å². The summed E-state index contributed by atoms with van der Waals surface area (Å²) in [6.07, 6.45) is 3.01. The fourth-order valence-electron chi connectivity index (χ4n) is 4.29. The summed E-state index contributed by atoms with van der Waals surface area (Å²) in [4.78, 5) is 46.6. The molecule has 3 heterocycles. The number of carbonyl (C=O) groups is 1. The number of amides is 1. The summed E-state index contributed by atoms with van der Waals surface area (Å²) in [5.41, 5.74) is 2.11. The highest BCUT2D eigenvalue weighted by atomic mass is 35.5. The van der Waals surface area contributed by atoms with E-state index in [0.29, 0.717) is 48.5 Å². The van der Waals surface area contributed by atoms with Crippen LogP contribution in [0.1, 0.15) is 5.56 Å². The summed E-state index contributed by atoms with van der Waals surface area (Å²) in [5.74, 6) is -0.163. The van der Waals surface area contributed by atoms with Crippen LogP contribution >= 0.6 is 11.6 Å². The molecule has 1 saturated heterocycles. The van der Waals surface area contributed by atoms with Crippen LogP contribution in [-0.4, -0.2) is 56.3 Å². The molecule has 5 rings (SSSR count). The second-order valence-electron chi connectivity index (χ2n) is 8.41. The zero-order valence-electron chi connectivity index (χ0n) is 19.1. The Kier molecular flexibility index (Phi) is 6.08. The largest absolute Gasteiger partial charge is 0.365 e. The average Bonchev–Trinajstić information content (AvgIpc) is 2.88. The van der Waals surface area contributed by atoms with E-state index in [1.807, 2.05) is 42.2 Å². The molecule has 0 bridgehead atoms. The molecule has 9 nitrogen and oxygen atoms in total. The number of halogens is 1. The topological polar surface area (TPSA) is 93.3 Å². The molecule has 1 fully saturated rings. The van der Waals surface area contributed by atoms with E-state index < -0.39 is 5.56 Å². The molecular weight excluding hydrogens is 468 g/mol. The molecule has 0 atom stereocenters. The molecule has 0 N–H and O–H groups in total. The van der Waals surface area contributed by atoms with Crippen molar-refractivity contribution in [2.45, 2.75) is 13.5 Å². The molecule has 178 valence electrons. The van der Waals surface area contributed by atoms with Gasteiger partial charge in [-0.05, 0) is 30.7 Å². The first-order valence-electron chi connectivity index (χ1n) is 11.2. The SMILES string of the molecule is Cc1cccc2c(=O)n(CC(=O)N3CCN(c4cnn(-c5ccccc5)c(=O)c4Cl)CC3)cnc12. The number of anilines is 1. The maximum Gasteiger partial charge on any atom is 0.292 e. The van der Waals surface area contributed by atoms with Crippen LogP contribution in [0.3, 0.4) is 0 Å². The number of benzene rings is 2. The van der Waals surface area contributed by atoms with Crippen molar-refractivity contribution in [2.75, 3.05) is 31.1 Å². The number of rotatable bonds is 4. The fraction of sp³-hybridized carbons (Fsp3) is 0.240. The zero-order chi connectivity index (χ0) is 24.5. The molecule has 35 heavy (non-hydrogen) atoms. The highest BCUT2D eigenvalue weighted by Gasteiger charge is 2.24. The minimum Gasteiger partial charge on any atom is -0.365 e. The second kappa shape index (κ2) is 9.34. The first-order chi connectivity index (χ1) is 16.9. The minimum absolute atomic E-state index is 0.0782. The van der Waals surface area contributed by atoms with Crippen LogP contribution in [0.4, 0.5) is 5.69 Å². The van der Waals surface area contributed by atoms with Crippen molar-refractivity contribution >= 4 is 34.1 Å². The van der Waals surface area contributed by atoms with Gasteiger partial charge in [-0.2, -0.15) is 9.78 Å². The third-order valence-electron chi connectivity index (χ3n) is 6.24. The second-order valence-corrected chi connectivity index (χ2v) is 8.79. The lowest BCUT2D eigenvalue weighted by Gasteiger charge is -2.36. The highest BCUT2D eigenvalue weighted by Crippen LogP contribution is 2.23. The van der Waals surface area contributed by atoms with Crippen molar-refractivity contribution < 1.29 is 4.79 Å². The van der Waals surface area contributed by atoms with Crippen LogP contribution in [0.25, 0.3) is 16.6 Å². The fourth-order valence-corrected chi connectivity index (χ4v) is 4.54. The Balaban J connectivity index is 1.28. The number of carbonyl (C=O) groups excluding carboxylic acids is 1. The minimum atomic E-state index is -0.396. The highest BCUT2D eigenvalue weighted by molar-refractivity contribution is 6.33. The van der Waals surface area contributed by atoms with E-state index in [9.17, 15) is 14.4 Å². The summed E-state index contributed by atoms with van der Waals surface area (Å²) in [7, 11) is 0. The van der Waals surface area contributed by atoms with Crippen molar-refractivity contribution in [3.63, 3.8) is 0 Å². The number of nitrogens with zero attached hydrogens (tertiary/aromatic N) is 6. The predicted octanol–water partition coefficient (Wildman–Crippen LogP) is 2.25. The van der Waals surface area contributed by atoms with Crippen molar-refractivity contribution in [1.29, 1.82) is 0 Å². The van der Waals surface area contributed by atoms with Crippen molar-refractivity contribution in [3.8, 4) is 5.69 Å². The van der Waals surface area contributed by atoms with Gasteiger partial charge in [-0.15, -0.1) is 0 Å². The molecule has 0 aliphatic carbocycles. The quantitative estimate of drug-likeness (QED) is 0.435. The lowest BCUT2D eigenvalue weighted by molar-refractivity contribution is -0.132. The molecule has 0 saturated carbocycles. The van der Waals surface area contributed by atoms with Gasteiger partial charge in [-0.1, -0.05) is 41.9 Å². The molecule has 10 heteroatoms. The molecule has 0 radical (unpaired) electrons. The Bertz CT molecular complexity index is 1520. The van der Waals surface area contributed by atoms with Gasteiger partial charge >= 0.3 is 0 Å². The van der Waals surface area contributed by atoms with Gasteiger partial charge in [-0.3, -0.25) is 19.0 Å². The number of para-hydroxylation sites is 2. The summed E-state index contributed by atoms with van der Waals surface area (Å²) in [5, 5.41) is 4.88. The predicted molar refractivity (Wildman–Crippen MR) is 134 cm³/mol. The summed E-state index contributed by atoms with van der Waals surface area (Å²) < 4.78 is 2.61. The van der Waals surface area contributed by atoms with E-state index in [-0.39, 0.29) is 23.0 Å². The van der Waals surface area contributed by atoms with Gasteiger partial charge in [0.1, 0.15) is 11.6 Å². The van der Waals surface area contributed by atoms with Crippen LogP contribution in [0, 0.1) is 6.92 Å². The smallest absolute Gasteiger partial charge is 0.292 e. The Morgan fingerprint density at radius 2 is 1.71 bits per heavy atom. The van der Waals surface area contributed by atoms with Gasteiger partial charge in [0.15, 0.2) is 0 Å². The van der Waals surface area contributed by atoms with Crippen LogP contribution < -0.4 is 16.0 Å². The number of aromatic nitrogens is 4. The molecule has 1 amide bonds. The number of hydrogen-bond acceptors (Lipinski definition) is 6. The lowest BCUT2D eigenvalue weighted by atomic mass is 10.1. The number of hydrogen-bond donors (Lipinski definition) is 0. The Labute approximate surface area is 205 Å². The summed E-state index contributed by atoms with van der Waals surface area (Å²) in [6.45, 7) is 3.68. The van der Waals surface area contributed by atoms with Gasteiger partial charge in [0.2, 0.25) is 5.91 Å². The first-order valence-corrected chi connectivity index (χ1v) is 11.6. The molecular formula is C25H23ClN6O3. The Morgan fingerprint density at radius 3 is 2.46 bits per heavy atom. The standard InChI is InChI=1S/C25H23ClN6O3/c1-17-6-5-9-19-23(17)27-16-31(24(19)34)15-21(33)30-12-10-29(11-13-30)20-14-28-32(25(35)22(20)26)18-7-3-2-4-8-18/h2-9,14,16H,10-13,15H2,1H3. The van der Waals surface area contributed by atoms with E-state index in [2.05, 4.69) is 10.1 Å². The first kappa shape index (κ1) is 22.8. The molecule has 2 aromatic heterocycles. The van der Waals surface area contributed by atoms with E-state index in [4.69, 9.17) is 11.6 Å². The van der Waals surface area contributed by atoms with Gasteiger partial charge < -0.3 is 9.80 Å². The third-order valence-corrected chi connectivity index (χ3v) is 6.59. The number of piperazine rings is 1. The van der Waals surface area contributed by atoms with Gasteiger partial charge in [0.25, 0.3) is 11.1 Å². The lowest BCUT2D eigenvalue weighted by Crippen LogP contribution is -2.50. The number of aryl methyl sites for hydroxylation is 1. The van der Waals surface area contributed by atoms with Crippen molar-refractivity contribution in [2.24, 2.45) is 0 Å². The molecule has 1 aliphatic rings. The summed E-state index contributed by atoms with van der Waals surface area (Å²) >= 11 is 6.42. The molecule has 0 spiro atoms. The maximum absolute atomic E-state index is 12.9. The zero-order valence-corrected chi connectivity index (χ0v) is 19.9. The monoisotopic (exact) mass is 490 g/mol. The Hall–Kier alpha value is -3.98. The summed E-state index contributed by atoms with van der Waals surface area (Å²) in [6, 6.07) is 14.5. The normalized spacial score (nSPS) is 13.9. The van der Waals surface area contributed by atoms with Gasteiger partial charge in [-0.25, -0.2) is 4.98 Å². The molecule has 2 aromatic carbocycles. The van der Waals surface area contributed by atoms with Crippen molar-refractivity contribution in [3.05, 3.63) is 92.3 Å². The van der Waals surface area contributed by atoms with Crippen LogP contribution in [0.15, 0.2) is 70.6 Å². The van der Waals surface area contributed by atoms with Crippen LogP contribution in [0.2, 0.25) is 5.02 Å². The average molecular weight is 491 g/mol. The number of fused-ring (bicyclic) bond motifs is 1. The molecule has 1 aliphatic heterocycles. The van der Waals surface area contributed by atoms with Gasteiger partial charge in [0.05, 0.1) is 34.8 Å². The van der Waals surface area contributed by atoms with Crippen LogP contribution in [-0.2, 0) is 11.3 Å². The van der Waals surface area contributed by atoms with Crippen LogP contribution in [0.5, 0.6) is 0 Å². The van der Waals surface area contributed by atoms with E-state index in [1.54, 1.807) is 29.3 Å². The van der Waals surface area contributed by atoms with Crippen molar-refractivity contribution in [1.82, 2.24) is 24.2 Å².